The molecule has 1 aliphatic carbocycles. The summed E-state index contributed by atoms with van der Waals surface area (Å²) in [6.07, 6.45) is 3.10. The molecule has 1 aliphatic rings. The minimum absolute atomic E-state index is 0.0431. The minimum Gasteiger partial charge on any atom is -0.393 e. The molecule has 0 heterocycles. The van der Waals surface area contributed by atoms with Crippen molar-refractivity contribution in [3.05, 3.63) is 29.8 Å². The van der Waals surface area contributed by atoms with E-state index in [1.165, 1.54) is 24.3 Å². The van der Waals surface area contributed by atoms with Crippen molar-refractivity contribution in [2.45, 2.75) is 36.7 Å². The molecule has 2 rings (SSSR count). The van der Waals surface area contributed by atoms with Crippen molar-refractivity contribution < 1.29 is 18.3 Å². The smallest absolute Gasteiger partial charge is 0.248 e. The molecule has 1 aromatic rings. The van der Waals surface area contributed by atoms with Crippen LogP contribution in [0.15, 0.2) is 29.2 Å². The Bertz CT molecular complexity index is 598. The number of primary amides is 1. The third kappa shape index (κ3) is 4.03. The Kier molecular flexibility index (Phi) is 4.97. The van der Waals surface area contributed by atoms with Crippen LogP contribution in [0.4, 0.5) is 0 Å². The first-order chi connectivity index (χ1) is 9.90. The van der Waals surface area contributed by atoms with Crippen molar-refractivity contribution in [2.24, 2.45) is 11.7 Å². The first-order valence-corrected chi connectivity index (χ1v) is 8.46. The molecule has 116 valence electrons. The lowest BCUT2D eigenvalue weighted by molar-refractivity contribution is 0.0724. The fraction of sp³-hybridized carbons (Fsp3) is 0.500. The van der Waals surface area contributed by atoms with Crippen LogP contribution in [0.25, 0.3) is 0 Å². The summed E-state index contributed by atoms with van der Waals surface area (Å²) in [6, 6.07) is 5.46. The van der Waals surface area contributed by atoms with E-state index in [-0.39, 0.29) is 22.9 Å². The van der Waals surface area contributed by atoms with Gasteiger partial charge in [-0.25, -0.2) is 13.1 Å². The van der Waals surface area contributed by atoms with E-state index in [4.69, 9.17) is 5.73 Å². The average molecular weight is 312 g/mol. The Morgan fingerprint density at radius 2 is 1.86 bits per heavy atom. The Balaban J connectivity index is 2.02. The lowest BCUT2D eigenvalue weighted by Gasteiger charge is -2.27. The molecule has 2 unspecified atom stereocenters. The van der Waals surface area contributed by atoms with Gasteiger partial charge < -0.3 is 10.8 Å². The van der Waals surface area contributed by atoms with Gasteiger partial charge in [-0.2, -0.15) is 0 Å². The number of carbonyl (C=O) groups is 1. The number of carbonyl (C=O) groups excluding carboxylic acids is 1. The fourth-order valence-electron chi connectivity index (χ4n) is 2.52. The standard InChI is InChI=1S/C14H20N2O4S/c15-14(18)10-5-7-12(8-6-10)21(19,20)16-9-11-3-1-2-4-13(11)17/h5-8,11,13,16-17H,1-4,9H2,(H2,15,18). The van der Waals surface area contributed by atoms with E-state index < -0.39 is 22.0 Å². The van der Waals surface area contributed by atoms with Gasteiger partial charge in [0.25, 0.3) is 0 Å². The summed E-state index contributed by atoms with van der Waals surface area (Å²) in [5, 5.41) is 9.85. The summed E-state index contributed by atoms with van der Waals surface area (Å²) < 4.78 is 26.8. The highest BCUT2D eigenvalue weighted by Crippen LogP contribution is 2.24. The zero-order valence-electron chi connectivity index (χ0n) is 11.7. The van der Waals surface area contributed by atoms with Gasteiger partial charge in [0.1, 0.15) is 0 Å². The van der Waals surface area contributed by atoms with E-state index in [9.17, 15) is 18.3 Å². The zero-order valence-corrected chi connectivity index (χ0v) is 12.5. The van der Waals surface area contributed by atoms with Gasteiger partial charge in [0, 0.05) is 12.1 Å². The van der Waals surface area contributed by atoms with Crippen LogP contribution in [0.3, 0.4) is 0 Å². The minimum atomic E-state index is -3.64. The molecule has 0 aromatic heterocycles. The largest absolute Gasteiger partial charge is 0.393 e. The van der Waals surface area contributed by atoms with Crippen molar-refractivity contribution >= 4 is 15.9 Å². The molecule has 21 heavy (non-hydrogen) atoms. The summed E-state index contributed by atoms with van der Waals surface area (Å²) in [4.78, 5) is 11.0. The van der Waals surface area contributed by atoms with Crippen LogP contribution in [0, 0.1) is 5.92 Å². The molecule has 0 bridgehead atoms. The van der Waals surface area contributed by atoms with Gasteiger partial charge >= 0.3 is 0 Å². The van der Waals surface area contributed by atoms with E-state index in [0.29, 0.717) is 0 Å². The normalized spacial score (nSPS) is 22.9. The Hall–Kier alpha value is -1.44. The van der Waals surface area contributed by atoms with E-state index in [2.05, 4.69) is 4.72 Å². The van der Waals surface area contributed by atoms with Gasteiger partial charge in [0.2, 0.25) is 15.9 Å². The van der Waals surface area contributed by atoms with Crippen molar-refractivity contribution in [3.63, 3.8) is 0 Å². The Morgan fingerprint density at radius 3 is 2.43 bits per heavy atom. The van der Waals surface area contributed by atoms with Gasteiger partial charge in [-0.3, -0.25) is 4.79 Å². The van der Waals surface area contributed by atoms with Crippen LogP contribution >= 0.6 is 0 Å². The number of amides is 1. The van der Waals surface area contributed by atoms with Crippen LogP contribution in [-0.4, -0.2) is 32.1 Å². The highest BCUT2D eigenvalue weighted by Gasteiger charge is 2.25. The molecule has 7 heteroatoms. The summed E-state index contributed by atoms with van der Waals surface area (Å²) in [5.74, 6) is -0.643. The Labute approximate surface area is 124 Å². The lowest BCUT2D eigenvalue weighted by Crippen LogP contribution is -2.36. The topological polar surface area (TPSA) is 109 Å². The summed E-state index contributed by atoms with van der Waals surface area (Å²) in [7, 11) is -3.64. The van der Waals surface area contributed by atoms with E-state index in [1.54, 1.807) is 0 Å². The third-order valence-corrected chi connectivity index (χ3v) is 5.29. The van der Waals surface area contributed by atoms with Crippen LogP contribution in [0.2, 0.25) is 0 Å². The molecular formula is C14H20N2O4S. The molecular weight excluding hydrogens is 292 g/mol. The van der Waals surface area contributed by atoms with Gasteiger partial charge in [0.05, 0.1) is 11.0 Å². The summed E-state index contributed by atoms with van der Waals surface area (Å²) in [5.41, 5.74) is 5.37. The molecule has 4 N–H and O–H groups in total. The number of sulfonamides is 1. The quantitative estimate of drug-likeness (QED) is 0.740. The van der Waals surface area contributed by atoms with Crippen LogP contribution < -0.4 is 10.5 Å². The van der Waals surface area contributed by atoms with Crippen molar-refractivity contribution in [3.8, 4) is 0 Å². The van der Waals surface area contributed by atoms with E-state index >= 15 is 0 Å². The molecule has 1 fully saturated rings. The van der Waals surface area contributed by atoms with Gasteiger partial charge in [-0.1, -0.05) is 12.8 Å². The number of hydrogen-bond acceptors (Lipinski definition) is 4. The van der Waals surface area contributed by atoms with Gasteiger partial charge in [-0.15, -0.1) is 0 Å². The maximum absolute atomic E-state index is 12.2. The first-order valence-electron chi connectivity index (χ1n) is 6.98. The first kappa shape index (κ1) is 15.9. The number of nitrogens with one attached hydrogen (secondary N) is 1. The highest BCUT2D eigenvalue weighted by atomic mass is 32.2. The molecule has 0 spiro atoms. The number of hydrogen-bond donors (Lipinski definition) is 3. The van der Waals surface area contributed by atoms with E-state index in [1.807, 2.05) is 0 Å². The second-order valence-electron chi connectivity index (χ2n) is 5.35. The summed E-state index contributed by atoms with van der Waals surface area (Å²) in [6.45, 7) is 0.223. The van der Waals surface area contributed by atoms with Crippen molar-refractivity contribution in [1.29, 1.82) is 0 Å². The molecule has 6 nitrogen and oxygen atoms in total. The van der Waals surface area contributed by atoms with Crippen LogP contribution in [0.1, 0.15) is 36.0 Å². The number of nitrogens with two attached hydrogens (primary N) is 1. The van der Waals surface area contributed by atoms with Crippen LogP contribution in [-0.2, 0) is 10.0 Å². The predicted molar refractivity (Wildman–Crippen MR) is 78.1 cm³/mol. The van der Waals surface area contributed by atoms with Crippen molar-refractivity contribution in [1.82, 2.24) is 4.72 Å². The molecule has 0 radical (unpaired) electrons. The van der Waals surface area contributed by atoms with Crippen LogP contribution in [0.5, 0.6) is 0 Å². The zero-order chi connectivity index (χ0) is 15.5. The van der Waals surface area contributed by atoms with Gasteiger partial charge in [-0.05, 0) is 43.0 Å². The third-order valence-electron chi connectivity index (χ3n) is 3.85. The number of rotatable bonds is 5. The average Bonchev–Trinajstić information content (AvgIpc) is 2.46. The molecule has 1 amide bonds. The number of aliphatic hydroxyl groups excluding tert-OH is 1. The van der Waals surface area contributed by atoms with E-state index in [0.717, 1.165) is 25.7 Å². The molecule has 0 aliphatic heterocycles. The molecule has 2 atom stereocenters. The predicted octanol–water partition coefficient (Wildman–Crippen LogP) is 0.615. The Morgan fingerprint density at radius 1 is 1.24 bits per heavy atom. The SMILES string of the molecule is NC(=O)c1ccc(S(=O)(=O)NCC2CCCCC2O)cc1. The second-order valence-corrected chi connectivity index (χ2v) is 7.12. The second kappa shape index (κ2) is 6.55. The molecule has 0 saturated heterocycles. The number of benzene rings is 1. The van der Waals surface area contributed by atoms with Crippen molar-refractivity contribution in [2.75, 3.05) is 6.54 Å². The van der Waals surface area contributed by atoms with Gasteiger partial charge in [0.15, 0.2) is 0 Å². The maximum Gasteiger partial charge on any atom is 0.248 e. The monoisotopic (exact) mass is 312 g/mol. The molecule has 1 saturated carbocycles. The highest BCUT2D eigenvalue weighted by molar-refractivity contribution is 7.89. The molecule has 1 aromatic carbocycles. The lowest BCUT2D eigenvalue weighted by atomic mass is 9.87. The fourth-order valence-corrected chi connectivity index (χ4v) is 3.62. The number of aliphatic hydroxyl groups is 1. The summed E-state index contributed by atoms with van der Waals surface area (Å²) >= 11 is 0. The maximum atomic E-state index is 12.2.